The predicted molar refractivity (Wildman–Crippen MR) is 89.6 cm³/mol. The van der Waals surface area contributed by atoms with Crippen LogP contribution in [0, 0.1) is 6.92 Å². The number of aromatic nitrogens is 1. The Morgan fingerprint density at radius 3 is 2.87 bits per heavy atom. The number of morpholine rings is 1. The lowest BCUT2D eigenvalue weighted by Crippen LogP contribution is -2.55. The molecule has 1 aliphatic rings. The van der Waals surface area contributed by atoms with Crippen LogP contribution in [0.4, 0.5) is 0 Å². The number of aryl methyl sites for hydroxylation is 1. The number of nitrogens with zero attached hydrogens (tertiary/aromatic N) is 1. The summed E-state index contributed by atoms with van der Waals surface area (Å²) in [5.41, 5.74) is 2.08. The van der Waals surface area contributed by atoms with Gasteiger partial charge in [-0.25, -0.2) is 0 Å². The zero-order valence-electron chi connectivity index (χ0n) is 13.8. The van der Waals surface area contributed by atoms with Gasteiger partial charge in [0, 0.05) is 17.6 Å². The summed E-state index contributed by atoms with van der Waals surface area (Å²) >= 11 is 0. The third kappa shape index (κ3) is 3.15. The van der Waals surface area contributed by atoms with Crippen molar-refractivity contribution in [3.05, 3.63) is 45.7 Å². The van der Waals surface area contributed by atoms with Crippen LogP contribution in [0.15, 0.2) is 29.1 Å². The zero-order valence-corrected chi connectivity index (χ0v) is 13.8. The highest BCUT2D eigenvalue weighted by molar-refractivity contribution is 5.84. The molecule has 1 aromatic heterocycles. The molecular weight excluding hydrogens is 292 g/mol. The zero-order chi connectivity index (χ0) is 16.6. The predicted octanol–water partition coefficient (Wildman–Crippen LogP) is 2.02. The molecule has 2 heterocycles. The third-order valence-corrected chi connectivity index (χ3v) is 4.40. The van der Waals surface area contributed by atoms with E-state index < -0.39 is 0 Å². The number of amides is 1. The Morgan fingerprint density at radius 1 is 1.35 bits per heavy atom. The van der Waals surface area contributed by atoms with Crippen LogP contribution in [0.3, 0.4) is 0 Å². The summed E-state index contributed by atoms with van der Waals surface area (Å²) in [6.45, 7) is 7.62. The van der Waals surface area contributed by atoms with Crippen LogP contribution in [0.25, 0.3) is 10.9 Å². The number of carbonyl (C=O) groups excluding carboxylic acids is 1. The Bertz CT molecular complexity index is 808. The molecule has 2 aromatic rings. The topological polar surface area (TPSA) is 62.4 Å². The van der Waals surface area contributed by atoms with Gasteiger partial charge >= 0.3 is 0 Å². The summed E-state index contributed by atoms with van der Waals surface area (Å²) in [5.74, 6) is 0.110. The molecule has 0 bridgehead atoms. The maximum absolute atomic E-state index is 12.7. The number of aromatic amines is 1. The van der Waals surface area contributed by atoms with Crippen LogP contribution in [-0.2, 0) is 16.0 Å². The van der Waals surface area contributed by atoms with E-state index >= 15 is 0 Å². The Hall–Kier alpha value is -2.14. The third-order valence-electron chi connectivity index (χ3n) is 4.40. The van der Waals surface area contributed by atoms with E-state index in [0.29, 0.717) is 31.7 Å². The fourth-order valence-electron chi connectivity index (χ4n) is 3.07. The van der Waals surface area contributed by atoms with E-state index in [2.05, 4.69) is 4.98 Å². The molecule has 1 N–H and O–H groups in total. The molecule has 23 heavy (non-hydrogen) atoms. The molecule has 1 saturated heterocycles. The number of ether oxygens (including phenoxy) is 1. The fraction of sp³-hybridized carbons (Fsp3) is 0.444. The first-order valence-corrected chi connectivity index (χ1v) is 7.88. The van der Waals surface area contributed by atoms with Crippen LogP contribution in [0.1, 0.15) is 25.0 Å². The smallest absolute Gasteiger partial charge is 0.251 e. The van der Waals surface area contributed by atoms with Gasteiger partial charge in [-0.2, -0.15) is 0 Å². The highest BCUT2D eigenvalue weighted by atomic mass is 16.5. The van der Waals surface area contributed by atoms with Gasteiger partial charge in [0.1, 0.15) is 0 Å². The molecule has 0 atom stereocenters. The van der Waals surface area contributed by atoms with E-state index in [0.717, 1.165) is 16.5 Å². The van der Waals surface area contributed by atoms with Crippen molar-refractivity contribution < 1.29 is 9.53 Å². The minimum Gasteiger partial charge on any atom is -0.377 e. The van der Waals surface area contributed by atoms with Gasteiger partial charge in [0.25, 0.3) is 5.56 Å². The Morgan fingerprint density at radius 2 is 2.13 bits per heavy atom. The number of hydrogen-bond donors (Lipinski definition) is 1. The molecule has 0 saturated carbocycles. The highest BCUT2D eigenvalue weighted by Gasteiger charge is 2.33. The van der Waals surface area contributed by atoms with E-state index in [1.165, 1.54) is 0 Å². The summed E-state index contributed by atoms with van der Waals surface area (Å²) in [6, 6.07) is 7.60. The van der Waals surface area contributed by atoms with Crippen molar-refractivity contribution in [1.29, 1.82) is 0 Å². The summed E-state index contributed by atoms with van der Waals surface area (Å²) in [5, 5.41) is 0.952. The standard InChI is InChI=1S/C18H22N2O3/c1-12-8-14-9-13(4-5-15(14)19-17(12)22)10-16(21)20-6-7-23-11-18(20,2)3/h4-5,8-9H,6-7,10-11H2,1-3H3,(H,19,22). The van der Waals surface area contributed by atoms with Gasteiger partial charge < -0.3 is 14.6 Å². The largest absolute Gasteiger partial charge is 0.377 e. The van der Waals surface area contributed by atoms with Crippen LogP contribution in [-0.4, -0.2) is 41.1 Å². The number of benzene rings is 1. The highest BCUT2D eigenvalue weighted by Crippen LogP contribution is 2.21. The van der Waals surface area contributed by atoms with Gasteiger partial charge in [0.2, 0.25) is 5.91 Å². The van der Waals surface area contributed by atoms with Crippen LogP contribution in [0.2, 0.25) is 0 Å². The number of H-pyrrole nitrogens is 1. The molecule has 0 aliphatic carbocycles. The van der Waals surface area contributed by atoms with E-state index in [4.69, 9.17) is 4.74 Å². The molecular formula is C18H22N2O3. The Kier molecular flexibility index (Phi) is 3.98. The van der Waals surface area contributed by atoms with Crippen LogP contribution < -0.4 is 5.56 Å². The van der Waals surface area contributed by atoms with E-state index in [1.807, 2.05) is 43.0 Å². The van der Waals surface area contributed by atoms with Crippen LogP contribution >= 0.6 is 0 Å². The number of carbonyl (C=O) groups is 1. The van der Waals surface area contributed by atoms with Crippen molar-refractivity contribution in [2.24, 2.45) is 0 Å². The summed E-state index contributed by atoms with van der Waals surface area (Å²) < 4.78 is 5.47. The summed E-state index contributed by atoms with van der Waals surface area (Å²) in [6.07, 6.45) is 0.359. The van der Waals surface area contributed by atoms with Crippen molar-refractivity contribution in [3.8, 4) is 0 Å². The van der Waals surface area contributed by atoms with Crippen molar-refractivity contribution in [3.63, 3.8) is 0 Å². The molecule has 0 radical (unpaired) electrons. The first-order chi connectivity index (χ1) is 10.9. The number of fused-ring (bicyclic) bond motifs is 1. The molecule has 122 valence electrons. The molecule has 3 rings (SSSR count). The molecule has 1 aromatic carbocycles. The quantitative estimate of drug-likeness (QED) is 0.922. The first kappa shape index (κ1) is 15.7. The minimum atomic E-state index is -0.270. The van der Waals surface area contributed by atoms with Crippen molar-refractivity contribution in [2.45, 2.75) is 32.7 Å². The second-order valence-corrected chi connectivity index (χ2v) is 6.79. The lowest BCUT2D eigenvalue weighted by atomic mass is 10.0. The molecule has 5 nitrogen and oxygen atoms in total. The molecule has 1 amide bonds. The molecule has 5 heteroatoms. The molecule has 1 aliphatic heterocycles. The number of nitrogens with one attached hydrogen (secondary N) is 1. The second kappa shape index (κ2) is 5.81. The maximum atomic E-state index is 12.7. The first-order valence-electron chi connectivity index (χ1n) is 7.88. The van der Waals surface area contributed by atoms with Gasteiger partial charge in [0.05, 0.1) is 25.2 Å². The average Bonchev–Trinajstić information content (AvgIpc) is 2.48. The van der Waals surface area contributed by atoms with E-state index in [9.17, 15) is 9.59 Å². The van der Waals surface area contributed by atoms with Crippen molar-refractivity contribution >= 4 is 16.8 Å². The number of hydrogen-bond acceptors (Lipinski definition) is 3. The van der Waals surface area contributed by atoms with Gasteiger partial charge in [-0.05, 0) is 49.9 Å². The fourth-order valence-corrected chi connectivity index (χ4v) is 3.07. The van der Waals surface area contributed by atoms with Gasteiger partial charge in [-0.1, -0.05) is 6.07 Å². The molecule has 0 spiro atoms. The Labute approximate surface area is 135 Å². The van der Waals surface area contributed by atoms with Crippen LogP contribution in [0.5, 0.6) is 0 Å². The normalized spacial score (nSPS) is 17.4. The Balaban J connectivity index is 1.85. The van der Waals surface area contributed by atoms with E-state index in [-0.39, 0.29) is 17.0 Å². The van der Waals surface area contributed by atoms with Crippen molar-refractivity contribution in [1.82, 2.24) is 9.88 Å². The maximum Gasteiger partial charge on any atom is 0.251 e. The lowest BCUT2D eigenvalue weighted by Gasteiger charge is -2.42. The SMILES string of the molecule is Cc1cc2cc(CC(=O)N3CCOCC3(C)C)ccc2[nH]c1=O. The number of rotatable bonds is 2. The molecule has 1 fully saturated rings. The molecule has 0 unspecified atom stereocenters. The average molecular weight is 314 g/mol. The summed E-state index contributed by atoms with van der Waals surface area (Å²) in [7, 11) is 0. The lowest BCUT2D eigenvalue weighted by molar-refractivity contribution is -0.145. The summed E-state index contributed by atoms with van der Waals surface area (Å²) in [4.78, 5) is 29.0. The monoisotopic (exact) mass is 314 g/mol. The van der Waals surface area contributed by atoms with Gasteiger partial charge in [0.15, 0.2) is 0 Å². The van der Waals surface area contributed by atoms with Gasteiger partial charge in [-0.15, -0.1) is 0 Å². The van der Waals surface area contributed by atoms with Crippen molar-refractivity contribution in [2.75, 3.05) is 19.8 Å². The minimum absolute atomic E-state index is 0.0728. The van der Waals surface area contributed by atoms with Gasteiger partial charge in [-0.3, -0.25) is 9.59 Å². The second-order valence-electron chi connectivity index (χ2n) is 6.79. The number of pyridine rings is 1. The van der Waals surface area contributed by atoms with E-state index in [1.54, 1.807) is 6.92 Å².